The van der Waals surface area contributed by atoms with E-state index in [2.05, 4.69) is 10.6 Å². The second kappa shape index (κ2) is 6.45. The molecule has 0 radical (unpaired) electrons. The van der Waals surface area contributed by atoms with Crippen LogP contribution in [0.1, 0.15) is 44.5 Å². The van der Waals surface area contributed by atoms with Gasteiger partial charge in [-0.05, 0) is 57.6 Å². The number of thiocarbonyl (C=S) groups is 1. The number of carbonyl (C=O) groups excluding carboxylic acids is 2. The molecule has 2 amide bonds. The zero-order chi connectivity index (χ0) is 17.4. The molecule has 1 aromatic carbocycles. The Hall–Kier alpha value is -1.66. The lowest BCUT2D eigenvalue weighted by atomic mass is 10.0. The normalized spacial score (nSPS) is 18.1. The van der Waals surface area contributed by atoms with E-state index in [1.165, 1.54) is 4.90 Å². The average Bonchev–Trinajstić information content (AvgIpc) is 2.71. The Bertz CT molecular complexity index is 675. The number of nitrogens with zero attached hydrogens (tertiary/aromatic N) is 1. The fraction of sp³-hybridized carbons (Fsp3) is 0.438. The summed E-state index contributed by atoms with van der Waals surface area (Å²) in [4.78, 5) is 25.9. The quantitative estimate of drug-likeness (QED) is 0.817. The number of anilines is 1. The number of hydrogen-bond donors (Lipinski definition) is 2. The van der Waals surface area contributed by atoms with Crippen molar-refractivity contribution in [1.82, 2.24) is 10.6 Å². The Morgan fingerprint density at radius 2 is 2.13 bits per heavy atom. The number of halogens is 1. The van der Waals surface area contributed by atoms with E-state index in [9.17, 15) is 9.59 Å². The minimum atomic E-state index is -0.366. The summed E-state index contributed by atoms with van der Waals surface area (Å²) >= 11 is 11.4. The topological polar surface area (TPSA) is 61.4 Å². The van der Waals surface area contributed by atoms with Crippen molar-refractivity contribution >= 4 is 46.4 Å². The molecule has 1 saturated heterocycles. The SMILES string of the molecule is CCC(C)(C)NC(=O)c1ccc(N2C(=O)C(C)NC2=S)cc1Cl. The van der Waals surface area contributed by atoms with Crippen LogP contribution < -0.4 is 15.5 Å². The highest BCUT2D eigenvalue weighted by Gasteiger charge is 2.33. The van der Waals surface area contributed by atoms with E-state index >= 15 is 0 Å². The molecule has 1 aliphatic heterocycles. The maximum atomic E-state index is 12.3. The highest BCUT2D eigenvalue weighted by molar-refractivity contribution is 7.80. The zero-order valence-electron chi connectivity index (χ0n) is 13.6. The fourth-order valence-electron chi connectivity index (χ4n) is 2.14. The number of carbonyl (C=O) groups is 2. The van der Waals surface area contributed by atoms with E-state index in [1.807, 2.05) is 20.8 Å². The highest BCUT2D eigenvalue weighted by atomic mass is 35.5. The van der Waals surface area contributed by atoms with E-state index in [0.717, 1.165) is 6.42 Å². The van der Waals surface area contributed by atoms with Crippen LogP contribution in [0.25, 0.3) is 0 Å². The van der Waals surface area contributed by atoms with Gasteiger partial charge in [-0.25, -0.2) is 0 Å². The van der Waals surface area contributed by atoms with Gasteiger partial charge in [-0.15, -0.1) is 0 Å². The van der Waals surface area contributed by atoms with Crippen molar-refractivity contribution in [3.8, 4) is 0 Å². The van der Waals surface area contributed by atoms with Crippen molar-refractivity contribution < 1.29 is 9.59 Å². The standard InChI is InChI=1S/C16H20ClN3O2S/c1-5-16(3,4)19-13(21)11-7-6-10(8-12(11)17)20-14(22)9(2)18-15(20)23/h6-9H,5H2,1-4H3,(H,18,23)(H,19,21). The molecule has 1 heterocycles. The number of hydrogen-bond acceptors (Lipinski definition) is 3. The molecule has 0 bridgehead atoms. The van der Waals surface area contributed by atoms with Crippen LogP contribution in [0.4, 0.5) is 5.69 Å². The van der Waals surface area contributed by atoms with Gasteiger partial charge in [-0.1, -0.05) is 18.5 Å². The van der Waals surface area contributed by atoms with Crippen LogP contribution >= 0.6 is 23.8 Å². The van der Waals surface area contributed by atoms with Crippen molar-refractivity contribution in [3.05, 3.63) is 28.8 Å². The van der Waals surface area contributed by atoms with E-state index in [-0.39, 0.29) is 28.4 Å². The summed E-state index contributed by atoms with van der Waals surface area (Å²) in [5.41, 5.74) is 0.605. The summed E-state index contributed by atoms with van der Waals surface area (Å²) in [5.74, 6) is -0.384. The first-order chi connectivity index (χ1) is 10.7. The Labute approximate surface area is 146 Å². The summed E-state index contributed by atoms with van der Waals surface area (Å²) in [6, 6.07) is 4.50. The number of benzene rings is 1. The molecule has 0 saturated carbocycles. The van der Waals surface area contributed by atoms with Gasteiger partial charge < -0.3 is 10.6 Å². The first-order valence-electron chi connectivity index (χ1n) is 7.43. The van der Waals surface area contributed by atoms with Gasteiger partial charge in [-0.2, -0.15) is 0 Å². The summed E-state index contributed by atoms with van der Waals surface area (Å²) < 4.78 is 0. The zero-order valence-corrected chi connectivity index (χ0v) is 15.1. The molecule has 1 aliphatic rings. The number of amides is 2. The lowest BCUT2D eigenvalue weighted by Gasteiger charge is -2.25. The Morgan fingerprint density at radius 3 is 2.61 bits per heavy atom. The van der Waals surface area contributed by atoms with Crippen molar-refractivity contribution in [3.63, 3.8) is 0 Å². The minimum absolute atomic E-state index is 0.143. The fourth-order valence-corrected chi connectivity index (χ4v) is 2.77. The van der Waals surface area contributed by atoms with Gasteiger partial charge in [0.1, 0.15) is 6.04 Å². The van der Waals surface area contributed by atoms with Gasteiger partial charge in [-0.3, -0.25) is 14.5 Å². The largest absolute Gasteiger partial charge is 0.350 e. The molecule has 5 nitrogen and oxygen atoms in total. The third-order valence-corrected chi connectivity index (χ3v) is 4.54. The predicted molar refractivity (Wildman–Crippen MR) is 96.0 cm³/mol. The average molecular weight is 354 g/mol. The lowest BCUT2D eigenvalue weighted by Crippen LogP contribution is -2.42. The molecule has 2 N–H and O–H groups in total. The third-order valence-electron chi connectivity index (χ3n) is 3.93. The van der Waals surface area contributed by atoms with Crippen LogP contribution in [0.3, 0.4) is 0 Å². The predicted octanol–water partition coefficient (Wildman–Crippen LogP) is 2.87. The number of nitrogens with one attached hydrogen (secondary N) is 2. The summed E-state index contributed by atoms with van der Waals surface area (Å²) in [6.45, 7) is 7.63. The molecule has 0 aliphatic carbocycles. The van der Waals surface area contributed by atoms with Crippen LogP contribution in [0, 0.1) is 0 Å². The Balaban J connectivity index is 2.27. The molecule has 0 aromatic heterocycles. The van der Waals surface area contributed by atoms with Gasteiger partial charge >= 0.3 is 0 Å². The molecule has 0 spiro atoms. The molecule has 1 fully saturated rings. The Kier molecular flexibility index (Phi) is 4.96. The molecular weight excluding hydrogens is 334 g/mol. The molecular formula is C16H20ClN3O2S. The van der Waals surface area contributed by atoms with Crippen LogP contribution in [-0.4, -0.2) is 28.5 Å². The van der Waals surface area contributed by atoms with Crippen LogP contribution in [0.15, 0.2) is 18.2 Å². The van der Waals surface area contributed by atoms with E-state index in [0.29, 0.717) is 16.4 Å². The summed E-state index contributed by atoms with van der Waals surface area (Å²) in [7, 11) is 0. The van der Waals surface area contributed by atoms with Crippen molar-refractivity contribution in [2.45, 2.75) is 45.7 Å². The van der Waals surface area contributed by atoms with Crippen molar-refractivity contribution in [2.75, 3.05) is 4.90 Å². The van der Waals surface area contributed by atoms with Gasteiger partial charge in [0.2, 0.25) is 0 Å². The monoisotopic (exact) mass is 353 g/mol. The van der Waals surface area contributed by atoms with Gasteiger partial charge in [0.15, 0.2) is 5.11 Å². The summed E-state index contributed by atoms with van der Waals surface area (Å²) in [6.07, 6.45) is 0.800. The lowest BCUT2D eigenvalue weighted by molar-refractivity contribution is -0.117. The van der Waals surface area contributed by atoms with E-state index in [1.54, 1.807) is 25.1 Å². The maximum Gasteiger partial charge on any atom is 0.255 e. The van der Waals surface area contributed by atoms with Gasteiger partial charge in [0.25, 0.3) is 11.8 Å². The van der Waals surface area contributed by atoms with Gasteiger partial charge in [0, 0.05) is 5.54 Å². The third kappa shape index (κ3) is 3.64. The second-order valence-corrected chi connectivity index (χ2v) is 6.99. The highest BCUT2D eigenvalue weighted by Crippen LogP contribution is 2.26. The van der Waals surface area contributed by atoms with Crippen molar-refractivity contribution in [1.29, 1.82) is 0 Å². The first kappa shape index (κ1) is 17.7. The molecule has 1 unspecified atom stereocenters. The van der Waals surface area contributed by atoms with E-state index in [4.69, 9.17) is 23.8 Å². The van der Waals surface area contributed by atoms with Crippen LogP contribution in [-0.2, 0) is 4.79 Å². The smallest absolute Gasteiger partial charge is 0.255 e. The number of rotatable bonds is 4. The molecule has 2 rings (SSSR count). The molecule has 7 heteroatoms. The Morgan fingerprint density at radius 1 is 1.48 bits per heavy atom. The molecule has 23 heavy (non-hydrogen) atoms. The second-order valence-electron chi connectivity index (χ2n) is 6.20. The maximum absolute atomic E-state index is 12.3. The first-order valence-corrected chi connectivity index (χ1v) is 8.21. The molecule has 124 valence electrons. The molecule has 1 atom stereocenters. The minimum Gasteiger partial charge on any atom is -0.350 e. The van der Waals surface area contributed by atoms with E-state index < -0.39 is 0 Å². The summed E-state index contributed by atoms with van der Waals surface area (Å²) in [5, 5.41) is 6.45. The van der Waals surface area contributed by atoms with Gasteiger partial charge in [0.05, 0.1) is 16.3 Å². The van der Waals surface area contributed by atoms with Crippen molar-refractivity contribution in [2.24, 2.45) is 0 Å². The van der Waals surface area contributed by atoms with Crippen LogP contribution in [0.5, 0.6) is 0 Å². The van der Waals surface area contributed by atoms with Crippen LogP contribution in [0.2, 0.25) is 5.02 Å². The molecule has 1 aromatic rings.